The fourth-order valence-corrected chi connectivity index (χ4v) is 1.51. The highest BCUT2D eigenvalue weighted by Crippen LogP contribution is 2.06. The number of carboxylic acids is 1. The average molecular weight is 249 g/mol. The van der Waals surface area contributed by atoms with Crippen molar-refractivity contribution >= 4 is 5.97 Å². The van der Waals surface area contributed by atoms with Crippen LogP contribution >= 0.6 is 0 Å². The molecule has 0 aliphatic carbocycles. The van der Waals surface area contributed by atoms with Gasteiger partial charge in [-0.05, 0) is 24.8 Å². The van der Waals surface area contributed by atoms with Gasteiger partial charge in [0.15, 0.2) is 0 Å². The number of hydroxylamine groups is 1. The van der Waals surface area contributed by atoms with Gasteiger partial charge >= 0.3 is 5.97 Å². The number of hydrogen-bond acceptors (Lipinski definition) is 3. The number of hydrogen-bond donors (Lipinski definition) is 2. The molecule has 0 unspecified atom stereocenters. The summed E-state index contributed by atoms with van der Waals surface area (Å²) in [6, 6.07) is 10.3. The molecule has 0 radical (unpaired) electrons. The lowest BCUT2D eigenvalue weighted by Gasteiger charge is -2.06. The van der Waals surface area contributed by atoms with Gasteiger partial charge < -0.3 is 5.11 Å². The number of aliphatic carboxylic acids is 1. The van der Waals surface area contributed by atoms with E-state index in [0.717, 1.165) is 25.7 Å². The molecule has 0 spiro atoms. The third kappa shape index (κ3) is 6.06. The van der Waals surface area contributed by atoms with Gasteiger partial charge in [-0.3, -0.25) is 10.3 Å². The second-order valence-electron chi connectivity index (χ2n) is 4.03. The van der Waals surface area contributed by atoms with E-state index in [1.54, 1.807) is 0 Å². The Morgan fingerprint density at radius 2 is 1.94 bits per heavy atom. The van der Waals surface area contributed by atoms with Crippen molar-refractivity contribution in [3.8, 4) is 0 Å². The molecule has 0 aliphatic rings. The average Bonchev–Trinajstić information content (AvgIpc) is 2.38. The first-order valence-electron chi connectivity index (χ1n) is 6.04. The van der Waals surface area contributed by atoms with E-state index in [4.69, 9.17) is 9.94 Å². The molecular weight excluding hydrogens is 230 g/mol. The van der Waals surface area contributed by atoms with E-state index < -0.39 is 5.97 Å². The third-order valence-corrected chi connectivity index (χ3v) is 2.51. The number of aryl methyl sites for hydroxylation is 1. The molecule has 2 N–H and O–H groups in total. The van der Waals surface area contributed by atoms with Crippen molar-refractivity contribution < 1.29 is 14.7 Å². The molecule has 4 heteroatoms. The van der Waals surface area contributed by atoms with Gasteiger partial charge in [-0.15, -0.1) is 0 Å². The molecule has 0 aliphatic heterocycles. The molecule has 18 heavy (non-hydrogen) atoms. The summed E-state index contributed by atoms with van der Waals surface area (Å²) in [6.07, 6.45) is 4.12. The van der Waals surface area contributed by atoms with Gasteiger partial charge in [0.25, 0.3) is 0 Å². The van der Waals surface area contributed by atoms with E-state index >= 15 is 0 Å². The normalized spacial score (nSPS) is 10.0. The van der Waals surface area contributed by atoms with Crippen LogP contribution in [0.5, 0.6) is 0 Å². The molecule has 0 saturated carbocycles. The standard InChI is InChI=1S/C14H19NO3/c1-12(14(16)17)15-18-11-7-3-6-10-13-8-4-2-5-9-13/h2,4-5,8-9,15H,1,3,6-7,10-11H2,(H,16,17). The minimum atomic E-state index is -1.10. The Morgan fingerprint density at radius 3 is 2.61 bits per heavy atom. The topological polar surface area (TPSA) is 58.6 Å². The van der Waals surface area contributed by atoms with Crippen LogP contribution in [0.1, 0.15) is 24.8 Å². The van der Waals surface area contributed by atoms with Gasteiger partial charge in [0, 0.05) is 0 Å². The molecule has 0 amide bonds. The molecule has 1 rings (SSSR count). The predicted octanol–water partition coefficient (Wildman–Crippen LogP) is 2.52. The first-order valence-corrected chi connectivity index (χ1v) is 6.04. The van der Waals surface area contributed by atoms with Crippen LogP contribution in [0.15, 0.2) is 42.6 Å². The molecule has 0 saturated heterocycles. The van der Waals surface area contributed by atoms with Crippen LogP contribution in [0.4, 0.5) is 0 Å². The van der Waals surface area contributed by atoms with E-state index in [0.29, 0.717) is 6.61 Å². The fraction of sp³-hybridized carbons (Fsp3) is 0.357. The van der Waals surface area contributed by atoms with Crippen molar-refractivity contribution in [2.24, 2.45) is 0 Å². The van der Waals surface area contributed by atoms with E-state index in [-0.39, 0.29) is 5.70 Å². The molecule has 4 nitrogen and oxygen atoms in total. The third-order valence-electron chi connectivity index (χ3n) is 2.51. The molecule has 98 valence electrons. The van der Waals surface area contributed by atoms with Gasteiger partial charge in [-0.1, -0.05) is 43.3 Å². The summed E-state index contributed by atoms with van der Waals surface area (Å²) in [6.45, 7) is 3.78. The summed E-state index contributed by atoms with van der Waals surface area (Å²) in [4.78, 5) is 15.4. The zero-order valence-electron chi connectivity index (χ0n) is 10.4. The lowest BCUT2D eigenvalue weighted by atomic mass is 10.1. The predicted molar refractivity (Wildman–Crippen MR) is 69.9 cm³/mol. The van der Waals surface area contributed by atoms with Crippen LogP contribution in [0.25, 0.3) is 0 Å². The van der Waals surface area contributed by atoms with Gasteiger partial charge in [-0.25, -0.2) is 4.79 Å². The Hall–Kier alpha value is -1.81. The van der Waals surface area contributed by atoms with Crippen molar-refractivity contribution in [3.05, 3.63) is 48.2 Å². The highest BCUT2D eigenvalue weighted by atomic mass is 16.6. The second-order valence-corrected chi connectivity index (χ2v) is 4.03. The zero-order chi connectivity index (χ0) is 13.2. The molecular formula is C14H19NO3. The minimum Gasteiger partial charge on any atom is -0.477 e. The Labute approximate surface area is 107 Å². The van der Waals surface area contributed by atoms with E-state index in [1.165, 1.54) is 5.56 Å². The van der Waals surface area contributed by atoms with Crippen molar-refractivity contribution in [1.82, 2.24) is 5.48 Å². The highest BCUT2D eigenvalue weighted by Gasteiger charge is 2.01. The molecule has 1 aromatic carbocycles. The van der Waals surface area contributed by atoms with E-state index in [9.17, 15) is 4.79 Å². The summed E-state index contributed by atoms with van der Waals surface area (Å²) in [5.74, 6) is -1.10. The Morgan fingerprint density at radius 1 is 1.22 bits per heavy atom. The summed E-state index contributed by atoms with van der Waals surface area (Å²) in [5, 5.41) is 8.51. The monoisotopic (exact) mass is 249 g/mol. The quantitative estimate of drug-likeness (QED) is 0.401. The SMILES string of the molecule is C=C(NOCCCCCc1ccccc1)C(=O)O. The second kappa shape index (κ2) is 8.31. The lowest BCUT2D eigenvalue weighted by molar-refractivity contribution is -0.134. The number of nitrogens with one attached hydrogen (secondary N) is 1. The number of benzene rings is 1. The van der Waals surface area contributed by atoms with Crippen molar-refractivity contribution in [3.63, 3.8) is 0 Å². The zero-order valence-corrected chi connectivity index (χ0v) is 10.4. The summed E-state index contributed by atoms with van der Waals surface area (Å²) in [5.41, 5.74) is 3.50. The van der Waals surface area contributed by atoms with Crippen molar-refractivity contribution in [2.45, 2.75) is 25.7 Å². The van der Waals surface area contributed by atoms with Crippen molar-refractivity contribution in [1.29, 1.82) is 0 Å². The highest BCUT2D eigenvalue weighted by molar-refractivity contribution is 5.84. The maximum absolute atomic E-state index is 10.4. The Bertz CT molecular complexity index is 376. The smallest absolute Gasteiger partial charge is 0.353 e. The van der Waals surface area contributed by atoms with E-state index in [2.05, 4.69) is 24.2 Å². The fourth-order valence-electron chi connectivity index (χ4n) is 1.51. The number of rotatable bonds is 9. The largest absolute Gasteiger partial charge is 0.477 e. The van der Waals surface area contributed by atoms with Gasteiger partial charge in [0.2, 0.25) is 0 Å². The number of unbranched alkanes of at least 4 members (excludes halogenated alkanes) is 2. The van der Waals surface area contributed by atoms with Crippen LogP contribution in [-0.2, 0) is 16.1 Å². The first kappa shape index (κ1) is 14.3. The molecule has 0 bridgehead atoms. The summed E-state index contributed by atoms with van der Waals surface area (Å²) in [7, 11) is 0. The van der Waals surface area contributed by atoms with Gasteiger partial charge in [0.05, 0.1) is 6.61 Å². The molecule has 0 fully saturated rings. The van der Waals surface area contributed by atoms with Gasteiger partial charge in [0.1, 0.15) is 5.70 Å². The first-order chi connectivity index (χ1) is 8.70. The van der Waals surface area contributed by atoms with Gasteiger partial charge in [-0.2, -0.15) is 0 Å². The van der Waals surface area contributed by atoms with E-state index in [1.807, 2.05) is 18.2 Å². The Kier molecular flexibility index (Phi) is 6.58. The number of carboxylic acid groups (broad SMARTS) is 1. The van der Waals surface area contributed by atoms with Crippen LogP contribution in [0.3, 0.4) is 0 Å². The van der Waals surface area contributed by atoms with Crippen LogP contribution in [-0.4, -0.2) is 17.7 Å². The summed E-state index contributed by atoms with van der Waals surface area (Å²) < 4.78 is 0. The van der Waals surface area contributed by atoms with Crippen LogP contribution < -0.4 is 5.48 Å². The Balaban J connectivity index is 1.96. The molecule has 0 heterocycles. The molecule has 0 atom stereocenters. The molecule has 1 aromatic rings. The minimum absolute atomic E-state index is 0.140. The maximum atomic E-state index is 10.4. The molecule has 0 aromatic heterocycles. The number of carbonyl (C=O) groups is 1. The summed E-state index contributed by atoms with van der Waals surface area (Å²) >= 11 is 0. The maximum Gasteiger partial charge on any atom is 0.353 e. The van der Waals surface area contributed by atoms with Crippen molar-refractivity contribution in [2.75, 3.05) is 6.61 Å². The van der Waals surface area contributed by atoms with Crippen LogP contribution in [0, 0.1) is 0 Å². The van der Waals surface area contributed by atoms with Crippen LogP contribution in [0.2, 0.25) is 0 Å². The lowest BCUT2D eigenvalue weighted by Crippen LogP contribution is -2.20.